The van der Waals surface area contributed by atoms with E-state index in [1.165, 1.54) is 13.3 Å². The van der Waals surface area contributed by atoms with Crippen molar-refractivity contribution < 1.29 is 13.9 Å². The Kier molecular flexibility index (Phi) is 4.72. The lowest BCUT2D eigenvalue weighted by molar-refractivity contribution is -0.123. The Morgan fingerprint density at radius 1 is 1.36 bits per heavy atom. The van der Waals surface area contributed by atoms with Crippen molar-refractivity contribution >= 4 is 11.6 Å². The summed E-state index contributed by atoms with van der Waals surface area (Å²) >= 11 is 0. The molecule has 5 nitrogen and oxygen atoms in total. The van der Waals surface area contributed by atoms with Gasteiger partial charge in [-0.3, -0.25) is 4.79 Å². The van der Waals surface area contributed by atoms with Gasteiger partial charge in [-0.05, 0) is 17.0 Å². The van der Waals surface area contributed by atoms with Crippen LogP contribution in [-0.4, -0.2) is 31.1 Å². The predicted molar refractivity (Wildman–Crippen MR) is 94.5 cm³/mol. The SMILES string of the molecule is COc1cc(F)ncc1NC(=O)C1(c2ccccc2C(C)C)CNC1. The maximum atomic E-state index is 13.3. The molecular formula is C19H22FN3O2. The monoisotopic (exact) mass is 343 g/mol. The Hall–Kier alpha value is -2.47. The third-order valence-corrected chi connectivity index (χ3v) is 4.69. The van der Waals surface area contributed by atoms with Gasteiger partial charge in [0.15, 0.2) is 0 Å². The molecule has 0 spiro atoms. The van der Waals surface area contributed by atoms with Crippen LogP contribution in [-0.2, 0) is 10.2 Å². The van der Waals surface area contributed by atoms with E-state index < -0.39 is 11.4 Å². The number of hydrogen-bond acceptors (Lipinski definition) is 4. The van der Waals surface area contributed by atoms with E-state index in [1.807, 2.05) is 18.2 Å². The van der Waals surface area contributed by atoms with Crippen molar-refractivity contribution in [3.63, 3.8) is 0 Å². The van der Waals surface area contributed by atoms with Crippen LogP contribution in [0.3, 0.4) is 0 Å². The fourth-order valence-corrected chi connectivity index (χ4v) is 3.20. The Bertz CT molecular complexity index is 788. The topological polar surface area (TPSA) is 63.2 Å². The molecule has 3 rings (SSSR count). The fourth-order valence-electron chi connectivity index (χ4n) is 3.20. The molecule has 1 aromatic carbocycles. The highest BCUT2D eigenvalue weighted by molar-refractivity contribution is 6.01. The van der Waals surface area contributed by atoms with Crippen LogP contribution >= 0.6 is 0 Å². The summed E-state index contributed by atoms with van der Waals surface area (Å²) in [7, 11) is 1.43. The Morgan fingerprint density at radius 2 is 2.08 bits per heavy atom. The lowest BCUT2D eigenvalue weighted by atomic mass is 9.71. The molecule has 2 N–H and O–H groups in total. The summed E-state index contributed by atoms with van der Waals surface area (Å²) in [6.45, 7) is 5.34. The highest BCUT2D eigenvalue weighted by Gasteiger charge is 2.47. The van der Waals surface area contributed by atoms with Gasteiger partial charge in [0, 0.05) is 19.2 Å². The van der Waals surface area contributed by atoms with Gasteiger partial charge in [-0.25, -0.2) is 4.98 Å². The molecule has 0 radical (unpaired) electrons. The number of ether oxygens (including phenoxy) is 1. The minimum absolute atomic E-state index is 0.147. The van der Waals surface area contributed by atoms with Crippen molar-refractivity contribution in [2.75, 3.05) is 25.5 Å². The lowest BCUT2D eigenvalue weighted by Gasteiger charge is -2.43. The normalized spacial score (nSPS) is 15.6. The number of aromatic nitrogens is 1. The predicted octanol–water partition coefficient (Wildman–Crippen LogP) is 2.83. The smallest absolute Gasteiger partial charge is 0.237 e. The summed E-state index contributed by atoms with van der Waals surface area (Å²) in [6.07, 6.45) is 1.28. The van der Waals surface area contributed by atoms with Gasteiger partial charge in [0.05, 0.1) is 18.7 Å². The van der Waals surface area contributed by atoms with Crippen LogP contribution in [0.1, 0.15) is 30.9 Å². The molecule has 6 heteroatoms. The van der Waals surface area contributed by atoms with Gasteiger partial charge in [0.25, 0.3) is 0 Å². The molecule has 0 atom stereocenters. The van der Waals surface area contributed by atoms with Gasteiger partial charge in [-0.1, -0.05) is 38.1 Å². The molecule has 1 aliphatic rings. The molecule has 0 bridgehead atoms. The van der Waals surface area contributed by atoms with E-state index >= 15 is 0 Å². The third kappa shape index (κ3) is 3.09. The molecular weight excluding hydrogens is 321 g/mol. The van der Waals surface area contributed by atoms with E-state index in [9.17, 15) is 9.18 Å². The van der Waals surface area contributed by atoms with Crippen LogP contribution in [0.2, 0.25) is 0 Å². The molecule has 0 saturated carbocycles. The highest BCUT2D eigenvalue weighted by atomic mass is 19.1. The second-order valence-corrected chi connectivity index (χ2v) is 6.59. The summed E-state index contributed by atoms with van der Waals surface area (Å²) < 4.78 is 18.4. The molecule has 1 saturated heterocycles. The molecule has 1 aromatic heterocycles. The minimum atomic E-state index is -0.653. The van der Waals surface area contributed by atoms with Crippen LogP contribution in [0.25, 0.3) is 0 Å². The summed E-state index contributed by atoms with van der Waals surface area (Å²) in [5.41, 5.74) is 1.89. The molecule has 1 aliphatic heterocycles. The Balaban J connectivity index is 1.95. The second-order valence-electron chi connectivity index (χ2n) is 6.59. The van der Waals surface area contributed by atoms with Crippen molar-refractivity contribution in [1.29, 1.82) is 0 Å². The molecule has 0 aliphatic carbocycles. The van der Waals surface area contributed by atoms with Gasteiger partial charge in [0.1, 0.15) is 11.4 Å². The first kappa shape index (κ1) is 17.4. The molecule has 0 unspecified atom stereocenters. The number of carbonyl (C=O) groups excluding carboxylic acids is 1. The quantitative estimate of drug-likeness (QED) is 0.820. The summed E-state index contributed by atoms with van der Waals surface area (Å²) in [4.78, 5) is 16.7. The molecule has 2 heterocycles. The summed E-state index contributed by atoms with van der Waals surface area (Å²) in [5.74, 6) is -0.241. The Morgan fingerprint density at radius 3 is 2.68 bits per heavy atom. The second kappa shape index (κ2) is 6.80. The fraction of sp³-hybridized carbons (Fsp3) is 0.368. The molecule has 1 amide bonds. The van der Waals surface area contributed by atoms with Crippen LogP contribution < -0.4 is 15.4 Å². The van der Waals surface area contributed by atoms with Crippen molar-refractivity contribution in [3.8, 4) is 5.75 Å². The number of anilines is 1. The van der Waals surface area contributed by atoms with E-state index in [4.69, 9.17) is 4.74 Å². The first-order chi connectivity index (χ1) is 12.0. The van der Waals surface area contributed by atoms with Gasteiger partial charge >= 0.3 is 0 Å². The van der Waals surface area contributed by atoms with Crippen LogP contribution in [0.4, 0.5) is 10.1 Å². The van der Waals surface area contributed by atoms with Crippen LogP contribution in [0.5, 0.6) is 5.75 Å². The molecule has 132 valence electrons. The van der Waals surface area contributed by atoms with E-state index in [0.717, 1.165) is 17.2 Å². The number of nitrogens with one attached hydrogen (secondary N) is 2. The van der Waals surface area contributed by atoms with E-state index in [1.54, 1.807) is 0 Å². The number of pyridine rings is 1. The number of hydrogen-bond donors (Lipinski definition) is 2. The van der Waals surface area contributed by atoms with Crippen molar-refractivity contribution in [3.05, 3.63) is 53.6 Å². The number of amides is 1. The van der Waals surface area contributed by atoms with Crippen molar-refractivity contribution in [1.82, 2.24) is 10.3 Å². The molecule has 25 heavy (non-hydrogen) atoms. The van der Waals surface area contributed by atoms with Crippen molar-refractivity contribution in [2.24, 2.45) is 0 Å². The van der Waals surface area contributed by atoms with Crippen LogP contribution in [0.15, 0.2) is 36.5 Å². The highest BCUT2D eigenvalue weighted by Crippen LogP contribution is 2.36. The zero-order valence-electron chi connectivity index (χ0n) is 14.6. The first-order valence-corrected chi connectivity index (χ1v) is 8.29. The van der Waals surface area contributed by atoms with Crippen molar-refractivity contribution in [2.45, 2.75) is 25.2 Å². The molecule has 1 fully saturated rings. The minimum Gasteiger partial charge on any atom is -0.494 e. The number of methoxy groups -OCH3 is 1. The van der Waals surface area contributed by atoms with E-state index in [0.29, 0.717) is 24.7 Å². The first-order valence-electron chi connectivity index (χ1n) is 8.29. The Labute approximate surface area is 146 Å². The summed E-state index contributed by atoms with van der Waals surface area (Å²) in [5, 5.41) is 6.07. The van der Waals surface area contributed by atoms with Gasteiger partial charge in [0.2, 0.25) is 11.9 Å². The number of carbonyl (C=O) groups is 1. The van der Waals surface area contributed by atoms with Crippen LogP contribution in [0, 0.1) is 5.95 Å². The molecule has 2 aromatic rings. The standard InChI is InChI=1S/C19H22FN3O2/c1-12(2)13-6-4-5-7-14(13)19(10-21-11-19)18(24)23-15-9-22-17(20)8-16(15)25-3/h4-9,12,21H,10-11H2,1-3H3,(H,23,24). The zero-order valence-corrected chi connectivity index (χ0v) is 14.6. The number of nitrogens with zero attached hydrogens (tertiary/aromatic N) is 1. The summed E-state index contributed by atoms with van der Waals surface area (Å²) in [6, 6.07) is 9.17. The van der Waals surface area contributed by atoms with E-state index in [-0.39, 0.29) is 11.7 Å². The average molecular weight is 343 g/mol. The number of rotatable bonds is 5. The number of halogens is 1. The largest absolute Gasteiger partial charge is 0.494 e. The maximum Gasteiger partial charge on any atom is 0.237 e. The average Bonchev–Trinajstić information content (AvgIpc) is 2.55. The maximum absolute atomic E-state index is 13.3. The number of benzene rings is 1. The lowest BCUT2D eigenvalue weighted by Crippen LogP contribution is -2.63. The van der Waals surface area contributed by atoms with Gasteiger partial charge in [-0.15, -0.1) is 0 Å². The van der Waals surface area contributed by atoms with Gasteiger partial charge < -0.3 is 15.4 Å². The zero-order chi connectivity index (χ0) is 18.0. The van der Waals surface area contributed by atoms with E-state index in [2.05, 4.69) is 35.5 Å². The van der Waals surface area contributed by atoms with Gasteiger partial charge in [-0.2, -0.15) is 4.39 Å². The third-order valence-electron chi connectivity index (χ3n) is 4.69.